The molecule has 1 aromatic heterocycles. The molecule has 0 radical (unpaired) electrons. The van der Waals surface area contributed by atoms with Crippen molar-refractivity contribution in [1.29, 1.82) is 0 Å². The topological polar surface area (TPSA) is 122 Å². The lowest BCUT2D eigenvalue weighted by molar-refractivity contribution is -0.137. The van der Waals surface area contributed by atoms with Crippen LogP contribution in [-0.4, -0.2) is 33.9 Å². The summed E-state index contributed by atoms with van der Waals surface area (Å²) in [6.07, 6.45) is 1.39. The first-order chi connectivity index (χ1) is 11.0. The van der Waals surface area contributed by atoms with Crippen LogP contribution in [0.3, 0.4) is 0 Å². The first-order valence-electron chi connectivity index (χ1n) is 6.79. The van der Waals surface area contributed by atoms with E-state index in [0.717, 1.165) is 10.6 Å². The molecule has 2 rings (SSSR count). The molecule has 0 spiro atoms. The van der Waals surface area contributed by atoms with Gasteiger partial charge in [-0.2, -0.15) is 0 Å². The quantitative estimate of drug-likeness (QED) is 0.704. The SMILES string of the molecule is NC(=O)[C@H](CCC(=O)O)NC(=O)c1ccc(-c2nccs2)cc1. The molecular formula is C15H15N3O4S. The molecule has 2 amide bonds. The molecule has 0 aliphatic heterocycles. The van der Waals surface area contributed by atoms with Gasteiger partial charge in [0.1, 0.15) is 11.0 Å². The largest absolute Gasteiger partial charge is 0.481 e. The minimum Gasteiger partial charge on any atom is -0.481 e. The molecule has 0 bridgehead atoms. The summed E-state index contributed by atoms with van der Waals surface area (Å²) in [5.41, 5.74) is 6.42. The van der Waals surface area contributed by atoms with E-state index in [-0.39, 0.29) is 12.8 Å². The molecular weight excluding hydrogens is 318 g/mol. The predicted molar refractivity (Wildman–Crippen MR) is 84.9 cm³/mol. The van der Waals surface area contributed by atoms with Crippen molar-refractivity contribution < 1.29 is 19.5 Å². The van der Waals surface area contributed by atoms with E-state index >= 15 is 0 Å². The third-order valence-corrected chi connectivity index (χ3v) is 3.94. The normalized spacial score (nSPS) is 11.7. The Morgan fingerprint density at radius 3 is 2.48 bits per heavy atom. The molecule has 0 fully saturated rings. The summed E-state index contributed by atoms with van der Waals surface area (Å²) < 4.78 is 0. The number of primary amides is 1. The lowest BCUT2D eigenvalue weighted by atomic mass is 10.1. The fourth-order valence-corrected chi connectivity index (χ4v) is 2.57. The minimum atomic E-state index is -1.06. The third-order valence-electron chi connectivity index (χ3n) is 3.12. The van der Waals surface area contributed by atoms with Gasteiger partial charge < -0.3 is 16.2 Å². The number of carbonyl (C=O) groups excluding carboxylic acids is 2. The van der Waals surface area contributed by atoms with E-state index < -0.39 is 23.8 Å². The van der Waals surface area contributed by atoms with E-state index in [1.54, 1.807) is 30.5 Å². The van der Waals surface area contributed by atoms with Gasteiger partial charge in [-0.05, 0) is 18.6 Å². The van der Waals surface area contributed by atoms with Gasteiger partial charge in [-0.25, -0.2) is 4.98 Å². The van der Waals surface area contributed by atoms with E-state index in [1.807, 2.05) is 5.38 Å². The van der Waals surface area contributed by atoms with Crippen molar-refractivity contribution in [2.24, 2.45) is 5.73 Å². The maximum absolute atomic E-state index is 12.1. The van der Waals surface area contributed by atoms with E-state index in [9.17, 15) is 14.4 Å². The molecule has 8 heteroatoms. The molecule has 120 valence electrons. The summed E-state index contributed by atoms with van der Waals surface area (Å²) >= 11 is 1.49. The Morgan fingerprint density at radius 2 is 1.96 bits per heavy atom. The van der Waals surface area contributed by atoms with Crippen molar-refractivity contribution in [3.8, 4) is 10.6 Å². The highest BCUT2D eigenvalue weighted by Crippen LogP contribution is 2.21. The number of carboxylic acid groups (broad SMARTS) is 1. The molecule has 23 heavy (non-hydrogen) atoms. The van der Waals surface area contributed by atoms with Gasteiger partial charge in [0.2, 0.25) is 5.91 Å². The zero-order valence-corrected chi connectivity index (χ0v) is 12.9. The number of hydrogen-bond acceptors (Lipinski definition) is 5. The molecule has 0 aliphatic rings. The Kier molecular flexibility index (Phi) is 5.42. The number of nitrogens with two attached hydrogens (primary N) is 1. The fourth-order valence-electron chi connectivity index (χ4n) is 1.93. The van der Waals surface area contributed by atoms with Crippen molar-refractivity contribution in [3.05, 3.63) is 41.4 Å². The smallest absolute Gasteiger partial charge is 0.303 e. The first kappa shape index (κ1) is 16.6. The van der Waals surface area contributed by atoms with Crippen LogP contribution in [0.4, 0.5) is 0 Å². The minimum absolute atomic E-state index is 0.0480. The highest BCUT2D eigenvalue weighted by Gasteiger charge is 2.20. The van der Waals surface area contributed by atoms with E-state index in [0.29, 0.717) is 5.56 Å². The molecule has 0 saturated heterocycles. The van der Waals surface area contributed by atoms with Gasteiger partial charge in [-0.1, -0.05) is 12.1 Å². The second kappa shape index (κ2) is 7.50. The number of nitrogens with zero attached hydrogens (tertiary/aromatic N) is 1. The van der Waals surface area contributed by atoms with Gasteiger partial charge in [0.25, 0.3) is 5.91 Å². The summed E-state index contributed by atoms with van der Waals surface area (Å²) in [4.78, 5) is 38.2. The van der Waals surface area contributed by atoms with Crippen molar-refractivity contribution in [1.82, 2.24) is 10.3 Å². The van der Waals surface area contributed by atoms with Gasteiger partial charge in [-0.15, -0.1) is 11.3 Å². The zero-order chi connectivity index (χ0) is 16.8. The Labute approximate surface area is 136 Å². The van der Waals surface area contributed by atoms with E-state index in [4.69, 9.17) is 10.8 Å². The summed E-state index contributed by atoms with van der Waals surface area (Å²) in [6, 6.07) is 5.72. The van der Waals surface area contributed by atoms with Crippen molar-refractivity contribution >= 4 is 29.1 Å². The highest BCUT2D eigenvalue weighted by molar-refractivity contribution is 7.13. The van der Waals surface area contributed by atoms with Crippen molar-refractivity contribution in [2.45, 2.75) is 18.9 Å². The second-order valence-electron chi connectivity index (χ2n) is 4.78. The number of nitrogens with one attached hydrogen (secondary N) is 1. The Bertz CT molecular complexity index is 698. The standard InChI is InChI=1S/C15H15N3O4S/c16-13(21)11(5-6-12(19)20)18-14(22)9-1-3-10(4-2-9)15-17-7-8-23-15/h1-4,7-8,11H,5-6H2,(H2,16,21)(H,18,22)(H,19,20)/t11-/m0/s1. The predicted octanol–water partition coefficient (Wildman–Crippen LogP) is 1.26. The van der Waals surface area contributed by atoms with Gasteiger partial charge in [0.15, 0.2) is 0 Å². The summed E-state index contributed by atoms with van der Waals surface area (Å²) in [5, 5.41) is 13.8. The maximum Gasteiger partial charge on any atom is 0.303 e. The average Bonchev–Trinajstić information content (AvgIpc) is 3.05. The lowest BCUT2D eigenvalue weighted by Gasteiger charge is -2.14. The molecule has 0 aliphatic carbocycles. The van der Waals surface area contributed by atoms with Crippen LogP contribution in [0.25, 0.3) is 10.6 Å². The molecule has 7 nitrogen and oxygen atoms in total. The number of carboxylic acids is 1. The van der Waals surface area contributed by atoms with Crippen LogP contribution in [0.15, 0.2) is 35.8 Å². The van der Waals surface area contributed by atoms with Gasteiger partial charge >= 0.3 is 5.97 Å². The van der Waals surface area contributed by atoms with Crippen LogP contribution in [-0.2, 0) is 9.59 Å². The fraction of sp³-hybridized carbons (Fsp3) is 0.200. The first-order valence-corrected chi connectivity index (χ1v) is 7.67. The van der Waals surface area contributed by atoms with Gasteiger partial charge in [-0.3, -0.25) is 14.4 Å². The van der Waals surface area contributed by atoms with Crippen LogP contribution in [0.1, 0.15) is 23.2 Å². The third kappa shape index (κ3) is 4.62. The van der Waals surface area contributed by atoms with Crippen molar-refractivity contribution in [3.63, 3.8) is 0 Å². The van der Waals surface area contributed by atoms with Crippen LogP contribution in [0, 0.1) is 0 Å². The second-order valence-corrected chi connectivity index (χ2v) is 5.67. The Morgan fingerprint density at radius 1 is 1.26 bits per heavy atom. The summed E-state index contributed by atoms with van der Waals surface area (Å²) in [5.74, 6) is -2.30. The van der Waals surface area contributed by atoms with Gasteiger partial charge in [0.05, 0.1) is 0 Å². The summed E-state index contributed by atoms with van der Waals surface area (Å²) in [7, 11) is 0. The van der Waals surface area contributed by atoms with Crippen LogP contribution >= 0.6 is 11.3 Å². The van der Waals surface area contributed by atoms with E-state index in [1.165, 1.54) is 11.3 Å². The average molecular weight is 333 g/mol. The zero-order valence-electron chi connectivity index (χ0n) is 12.1. The molecule has 1 aromatic carbocycles. The molecule has 4 N–H and O–H groups in total. The number of hydrogen-bond donors (Lipinski definition) is 3. The Balaban J connectivity index is 2.04. The Hall–Kier alpha value is -2.74. The lowest BCUT2D eigenvalue weighted by Crippen LogP contribution is -2.44. The van der Waals surface area contributed by atoms with E-state index in [2.05, 4.69) is 10.3 Å². The number of aliphatic carboxylic acids is 1. The van der Waals surface area contributed by atoms with Crippen LogP contribution in [0.5, 0.6) is 0 Å². The molecule has 0 unspecified atom stereocenters. The number of carbonyl (C=O) groups is 3. The van der Waals surface area contributed by atoms with Gasteiger partial charge in [0, 0.05) is 29.1 Å². The highest BCUT2D eigenvalue weighted by atomic mass is 32.1. The molecule has 1 heterocycles. The molecule has 1 atom stereocenters. The summed E-state index contributed by atoms with van der Waals surface area (Å²) in [6.45, 7) is 0. The maximum atomic E-state index is 12.1. The monoisotopic (exact) mass is 333 g/mol. The van der Waals surface area contributed by atoms with Crippen molar-refractivity contribution in [2.75, 3.05) is 0 Å². The number of benzene rings is 1. The van der Waals surface area contributed by atoms with Crippen LogP contribution in [0.2, 0.25) is 0 Å². The number of thiazole rings is 1. The molecule has 0 saturated carbocycles. The number of rotatable bonds is 7. The molecule has 2 aromatic rings. The number of aromatic nitrogens is 1. The number of amides is 2. The van der Waals surface area contributed by atoms with Crippen LogP contribution < -0.4 is 11.1 Å².